The zero-order valence-corrected chi connectivity index (χ0v) is 18.6. The van der Waals surface area contributed by atoms with Crippen LogP contribution in [0.3, 0.4) is 0 Å². The van der Waals surface area contributed by atoms with Crippen molar-refractivity contribution in [3.63, 3.8) is 0 Å². The molecule has 0 bridgehead atoms. The van der Waals surface area contributed by atoms with Gasteiger partial charge in [-0.25, -0.2) is 0 Å². The lowest BCUT2D eigenvalue weighted by molar-refractivity contribution is -0.142. The lowest BCUT2D eigenvalue weighted by atomic mass is 9.87. The van der Waals surface area contributed by atoms with Gasteiger partial charge in [-0.3, -0.25) is 14.4 Å². The lowest BCUT2D eigenvalue weighted by Crippen LogP contribution is -2.27. The quantitative estimate of drug-likeness (QED) is 0.486. The van der Waals surface area contributed by atoms with Gasteiger partial charge < -0.3 is 19.5 Å². The molecule has 7 nitrogen and oxygen atoms in total. The number of hydrogen-bond donors (Lipinski definition) is 1. The first-order valence-corrected chi connectivity index (χ1v) is 9.95. The average Bonchev–Trinajstić information content (AvgIpc) is 2.76. The minimum absolute atomic E-state index is 0.00599. The molecule has 0 aliphatic rings. The Labute approximate surface area is 182 Å². The fraction of sp³-hybridized carbons (Fsp3) is 0.375. The molecular weight excluding hydrogens is 398 g/mol. The van der Waals surface area contributed by atoms with E-state index in [0.29, 0.717) is 22.6 Å². The molecule has 1 N–H and O–H groups in total. The second kappa shape index (κ2) is 10.6. The number of nitrogens with one attached hydrogen (secondary N) is 1. The van der Waals surface area contributed by atoms with Gasteiger partial charge in [-0.2, -0.15) is 0 Å². The fourth-order valence-electron chi connectivity index (χ4n) is 2.83. The highest BCUT2D eigenvalue weighted by Gasteiger charge is 2.17. The van der Waals surface area contributed by atoms with Crippen LogP contribution in [0.25, 0.3) is 0 Å². The molecule has 0 aromatic heterocycles. The number of carbonyl (C=O) groups excluding carboxylic acids is 3. The standard InChI is InChI=1S/C24H29NO6/c1-24(2,3)17-8-6-16(7-9-17)23(28)25-13-12-22(27)31-15-20(26)19-11-10-18(29-4)14-21(19)30-5/h6-11,14H,12-13,15H2,1-5H3,(H,25,28). The van der Waals surface area contributed by atoms with Crippen molar-refractivity contribution in [1.29, 1.82) is 0 Å². The number of amides is 1. The van der Waals surface area contributed by atoms with Crippen molar-refractivity contribution in [2.45, 2.75) is 32.6 Å². The summed E-state index contributed by atoms with van der Waals surface area (Å²) < 4.78 is 15.3. The Morgan fingerprint density at radius 1 is 0.935 bits per heavy atom. The molecule has 0 spiro atoms. The highest BCUT2D eigenvalue weighted by molar-refractivity contribution is 6.00. The monoisotopic (exact) mass is 427 g/mol. The summed E-state index contributed by atoms with van der Waals surface area (Å²) in [6, 6.07) is 12.1. The number of benzene rings is 2. The van der Waals surface area contributed by atoms with Crippen LogP contribution in [0.4, 0.5) is 0 Å². The highest BCUT2D eigenvalue weighted by atomic mass is 16.5. The molecule has 0 saturated heterocycles. The summed E-state index contributed by atoms with van der Waals surface area (Å²) in [6.45, 7) is 6.00. The van der Waals surface area contributed by atoms with E-state index in [-0.39, 0.29) is 24.3 Å². The molecule has 0 radical (unpaired) electrons. The summed E-state index contributed by atoms with van der Waals surface area (Å²) in [5, 5.41) is 2.68. The normalized spacial score (nSPS) is 10.9. The molecule has 0 fully saturated rings. The number of hydrogen-bond acceptors (Lipinski definition) is 6. The van der Waals surface area contributed by atoms with Crippen LogP contribution in [0, 0.1) is 0 Å². The number of ketones is 1. The van der Waals surface area contributed by atoms with Crippen LogP contribution in [-0.4, -0.2) is 45.0 Å². The lowest BCUT2D eigenvalue weighted by Gasteiger charge is -2.19. The van der Waals surface area contributed by atoms with Gasteiger partial charge in [0.05, 0.1) is 26.2 Å². The molecule has 31 heavy (non-hydrogen) atoms. The Morgan fingerprint density at radius 3 is 2.19 bits per heavy atom. The Balaban J connectivity index is 1.79. The van der Waals surface area contributed by atoms with E-state index >= 15 is 0 Å². The van der Waals surface area contributed by atoms with E-state index in [2.05, 4.69) is 26.1 Å². The van der Waals surface area contributed by atoms with Gasteiger partial charge in [0.25, 0.3) is 5.91 Å². The molecule has 2 aromatic carbocycles. The number of esters is 1. The molecule has 0 saturated carbocycles. The first-order valence-electron chi connectivity index (χ1n) is 9.95. The van der Waals surface area contributed by atoms with E-state index in [4.69, 9.17) is 14.2 Å². The van der Waals surface area contributed by atoms with Crippen LogP contribution < -0.4 is 14.8 Å². The van der Waals surface area contributed by atoms with Gasteiger partial charge in [0.15, 0.2) is 6.61 Å². The van der Waals surface area contributed by atoms with Crippen molar-refractivity contribution in [3.8, 4) is 11.5 Å². The maximum Gasteiger partial charge on any atom is 0.308 e. The molecule has 0 unspecified atom stereocenters. The third-order valence-electron chi connectivity index (χ3n) is 4.70. The Bertz CT molecular complexity index is 928. The van der Waals surface area contributed by atoms with E-state index in [0.717, 1.165) is 5.56 Å². The summed E-state index contributed by atoms with van der Waals surface area (Å²) in [5.41, 5.74) is 1.95. The van der Waals surface area contributed by atoms with Crippen LogP contribution in [0.1, 0.15) is 53.5 Å². The minimum atomic E-state index is -0.579. The summed E-state index contributed by atoms with van der Waals surface area (Å²) in [6.07, 6.45) is -0.0428. The molecule has 0 atom stereocenters. The second-order valence-corrected chi connectivity index (χ2v) is 7.98. The van der Waals surface area contributed by atoms with Crippen molar-refractivity contribution in [3.05, 3.63) is 59.2 Å². The Kier molecular flexibility index (Phi) is 8.19. The number of Topliss-reactive ketones (excluding diaryl/α,β-unsaturated/α-hetero) is 1. The van der Waals surface area contributed by atoms with Gasteiger partial charge in [0, 0.05) is 18.2 Å². The third kappa shape index (κ3) is 6.84. The molecule has 0 heterocycles. The molecular formula is C24H29NO6. The van der Waals surface area contributed by atoms with Crippen LogP contribution in [-0.2, 0) is 14.9 Å². The Hall–Kier alpha value is -3.35. The minimum Gasteiger partial charge on any atom is -0.497 e. The van der Waals surface area contributed by atoms with E-state index in [1.54, 1.807) is 30.3 Å². The molecule has 166 valence electrons. The first-order chi connectivity index (χ1) is 14.7. The van der Waals surface area contributed by atoms with Crippen LogP contribution in [0.2, 0.25) is 0 Å². The molecule has 2 aromatic rings. The maximum absolute atomic E-state index is 12.3. The van der Waals surface area contributed by atoms with Gasteiger partial charge in [-0.1, -0.05) is 32.9 Å². The SMILES string of the molecule is COc1ccc(C(=O)COC(=O)CCNC(=O)c2ccc(C(C)(C)C)cc2)c(OC)c1. The van der Waals surface area contributed by atoms with Crippen LogP contribution >= 0.6 is 0 Å². The summed E-state index contributed by atoms with van der Waals surface area (Å²) >= 11 is 0. The predicted molar refractivity (Wildman–Crippen MR) is 117 cm³/mol. The largest absolute Gasteiger partial charge is 0.497 e. The molecule has 0 aliphatic heterocycles. The maximum atomic E-state index is 12.3. The van der Waals surface area contributed by atoms with Crippen molar-refractivity contribution < 1.29 is 28.6 Å². The Morgan fingerprint density at radius 2 is 1.61 bits per heavy atom. The van der Waals surface area contributed by atoms with Crippen molar-refractivity contribution in [2.24, 2.45) is 0 Å². The summed E-state index contributed by atoms with van der Waals surface area (Å²) in [7, 11) is 2.95. The second-order valence-electron chi connectivity index (χ2n) is 7.98. The van der Waals surface area contributed by atoms with Crippen molar-refractivity contribution in [1.82, 2.24) is 5.32 Å². The van der Waals surface area contributed by atoms with Gasteiger partial charge >= 0.3 is 5.97 Å². The van der Waals surface area contributed by atoms with Gasteiger partial charge in [-0.15, -0.1) is 0 Å². The van der Waals surface area contributed by atoms with E-state index in [9.17, 15) is 14.4 Å². The molecule has 1 amide bonds. The summed E-state index contributed by atoms with van der Waals surface area (Å²) in [4.78, 5) is 36.5. The van der Waals surface area contributed by atoms with E-state index in [1.165, 1.54) is 14.2 Å². The molecule has 2 rings (SSSR count). The third-order valence-corrected chi connectivity index (χ3v) is 4.70. The van der Waals surface area contributed by atoms with Crippen LogP contribution in [0.15, 0.2) is 42.5 Å². The van der Waals surface area contributed by atoms with Crippen LogP contribution in [0.5, 0.6) is 11.5 Å². The zero-order chi connectivity index (χ0) is 23.0. The van der Waals surface area contributed by atoms with Crippen molar-refractivity contribution in [2.75, 3.05) is 27.4 Å². The van der Waals surface area contributed by atoms with Gasteiger partial charge in [-0.05, 0) is 35.2 Å². The zero-order valence-electron chi connectivity index (χ0n) is 18.6. The van der Waals surface area contributed by atoms with E-state index in [1.807, 2.05) is 12.1 Å². The van der Waals surface area contributed by atoms with Gasteiger partial charge in [0.1, 0.15) is 11.5 Å². The average molecular weight is 427 g/mol. The smallest absolute Gasteiger partial charge is 0.308 e. The number of carbonyl (C=O) groups is 3. The topological polar surface area (TPSA) is 90.9 Å². The number of methoxy groups -OCH3 is 2. The summed E-state index contributed by atoms with van der Waals surface area (Å²) in [5.74, 6) is -0.355. The fourth-order valence-corrected chi connectivity index (χ4v) is 2.83. The van der Waals surface area contributed by atoms with Crippen molar-refractivity contribution >= 4 is 17.7 Å². The molecule has 0 aliphatic carbocycles. The number of rotatable bonds is 9. The predicted octanol–water partition coefficient (Wildman–Crippen LogP) is 3.55. The number of ether oxygens (including phenoxy) is 3. The highest BCUT2D eigenvalue weighted by Crippen LogP contribution is 2.25. The van der Waals surface area contributed by atoms with E-state index < -0.39 is 18.4 Å². The first kappa shape index (κ1) is 23.9. The molecule has 7 heteroatoms. The van der Waals surface area contributed by atoms with Gasteiger partial charge in [0.2, 0.25) is 5.78 Å².